The van der Waals surface area contributed by atoms with Gasteiger partial charge >= 0.3 is 5.97 Å². The first-order valence-electron chi connectivity index (χ1n) is 9.51. The van der Waals surface area contributed by atoms with Crippen molar-refractivity contribution >= 4 is 17.8 Å². The van der Waals surface area contributed by atoms with Gasteiger partial charge in [0.15, 0.2) is 0 Å². The molecule has 0 bridgehead atoms. The Kier molecular flexibility index (Phi) is 10.2. The molecular weight excluding hydrogens is 364 g/mol. The van der Waals surface area contributed by atoms with Crippen molar-refractivity contribution in [3.63, 3.8) is 0 Å². The molecule has 0 radical (unpaired) electrons. The van der Waals surface area contributed by atoms with E-state index in [1.807, 2.05) is 13.8 Å². The third-order valence-electron chi connectivity index (χ3n) is 4.23. The lowest BCUT2D eigenvalue weighted by Gasteiger charge is -2.24. The van der Waals surface area contributed by atoms with Crippen LogP contribution in [0.5, 0.6) is 0 Å². The molecule has 8 N–H and O–H groups in total. The summed E-state index contributed by atoms with van der Waals surface area (Å²) in [7, 11) is 0. The first kappa shape index (κ1) is 23.6. The molecule has 3 atom stereocenters. The highest BCUT2D eigenvalue weighted by atomic mass is 16.4. The number of unbranched alkanes of at least 4 members (excludes halogenated alkanes) is 1. The lowest BCUT2D eigenvalue weighted by molar-refractivity contribution is -0.142. The summed E-state index contributed by atoms with van der Waals surface area (Å²) in [6.07, 6.45) is 5.22. The Labute approximate surface area is 164 Å². The minimum atomic E-state index is -1.11. The van der Waals surface area contributed by atoms with Crippen molar-refractivity contribution < 1.29 is 19.5 Å². The van der Waals surface area contributed by atoms with Crippen molar-refractivity contribution in [3.8, 4) is 0 Å². The fourth-order valence-electron chi connectivity index (χ4n) is 2.73. The summed E-state index contributed by atoms with van der Waals surface area (Å²) < 4.78 is 0. The van der Waals surface area contributed by atoms with E-state index in [-0.39, 0.29) is 18.8 Å². The van der Waals surface area contributed by atoms with Crippen molar-refractivity contribution in [2.75, 3.05) is 6.54 Å². The first-order valence-corrected chi connectivity index (χ1v) is 9.51. The van der Waals surface area contributed by atoms with Gasteiger partial charge in [0, 0.05) is 18.3 Å². The van der Waals surface area contributed by atoms with Crippen LogP contribution in [0.2, 0.25) is 0 Å². The average molecular weight is 396 g/mol. The van der Waals surface area contributed by atoms with E-state index < -0.39 is 35.9 Å². The number of carbonyl (C=O) groups is 3. The lowest BCUT2D eigenvalue weighted by atomic mass is 10.0. The number of carboxylic acids is 1. The van der Waals surface area contributed by atoms with Gasteiger partial charge in [0.1, 0.15) is 12.1 Å². The molecule has 1 rings (SSSR count). The van der Waals surface area contributed by atoms with Gasteiger partial charge in [-0.15, -0.1) is 0 Å². The molecule has 0 aliphatic heterocycles. The number of nitrogens with two attached hydrogens (primary N) is 2. The number of amides is 2. The molecule has 3 unspecified atom stereocenters. The molecule has 0 aliphatic carbocycles. The molecule has 1 heterocycles. The molecule has 2 amide bonds. The van der Waals surface area contributed by atoms with Crippen LogP contribution in [0, 0.1) is 5.92 Å². The van der Waals surface area contributed by atoms with Gasteiger partial charge < -0.3 is 32.2 Å². The highest BCUT2D eigenvalue weighted by Gasteiger charge is 2.28. The lowest BCUT2D eigenvalue weighted by Crippen LogP contribution is -2.55. The van der Waals surface area contributed by atoms with Crippen LogP contribution < -0.4 is 22.1 Å². The zero-order valence-electron chi connectivity index (χ0n) is 16.5. The van der Waals surface area contributed by atoms with Crippen molar-refractivity contribution in [2.24, 2.45) is 17.4 Å². The Morgan fingerprint density at radius 3 is 2.39 bits per heavy atom. The second kappa shape index (κ2) is 12.1. The molecule has 158 valence electrons. The number of hydrogen-bond acceptors (Lipinski definition) is 6. The highest BCUT2D eigenvalue weighted by molar-refractivity contribution is 5.91. The number of carbonyl (C=O) groups excluding carboxylic acids is 2. The predicted molar refractivity (Wildman–Crippen MR) is 104 cm³/mol. The summed E-state index contributed by atoms with van der Waals surface area (Å²) in [5, 5.41) is 14.5. The monoisotopic (exact) mass is 396 g/mol. The van der Waals surface area contributed by atoms with Crippen LogP contribution in [0.4, 0.5) is 0 Å². The fraction of sp³-hybridized carbons (Fsp3) is 0.667. The minimum Gasteiger partial charge on any atom is -0.480 e. The predicted octanol–water partition coefficient (Wildman–Crippen LogP) is -0.491. The molecule has 0 aromatic carbocycles. The summed E-state index contributed by atoms with van der Waals surface area (Å²) in [6, 6.07) is -2.75. The number of nitrogens with zero attached hydrogens (tertiary/aromatic N) is 1. The Morgan fingerprint density at radius 1 is 1.18 bits per heavy atom. The molecule has 0 aliphatic rings. The molecule has 10 nitrogen and oxygen atoms in total. The minimum absolute atomic E-state index is 0.111. The highest BCUT2D eigenvalue weighted by Crippen LogP contribution is 2.08. The van der Waals surface area contributed by atoms with Crippen molar-refractivity contribution in [1.29, 1.82) is 0 Å². The maximum Gasteiger partial charge on any atom is 0.326 e. The van der Waals surface area contributed by atoms with Crippen LogP contribution in [0.1, 0.15) is 45.2 Å². The molecule has 0 saturated carbocycles. The van der Waals surface area contributed by atoms with Gasteiger partial charge in [0.25, 0.3) is 0 Å². The van der Waals surface area contributed by atoms with E-state index in [2.05, 4.69) is 20.6 Å². The van der Waals surface area contributed by atoms with Crippen molar-refractivity contribution in [1.82, 2.24) is 20.6 Å². The van der Waals surface area contributed by atoms with E-state index in [0.29, 0.717) is 31.5 Å². The summed E-state index contributed by atoms with van der Waals surface area (Å²) in [6.45, 7) is 4.28. The second-order valence-electron chi connectivity index (χ2n) is 7.26. The average Bonchev–Trinajstić information content (AvgIpc) is 3.12. The first-order chi connectivity index (χ1) is 13.2. The zero-order chi connectivity index (χ0) is 21.1. The van der Waals surface area contributed by atoms with Gasteiger partial charge in [0.2, 0.25) is 11.8 Å². The van der Waals surface area contributed by atoms with Crippen LogP contribution in [0.25, 0.3) is 0 Å². The topological polar surface area (TPSA) is 176 Å². The number of aromatic amines is 1. The van der Waals surface area contributed by atoms with Gasteiger partial charge in [-0.25, -0.2) is 9.78 Å². The summed E-state index contributed by atoms with van der Waals surface area (Å²) in [5.74, 6) is -2.02. The Hall–Kier alpha value is -2.46. The van der Waals surface area contributed by atoms with Crippen molar-refractivity contribution in [2.45, 2.75) is 64.1 Å². The number of H-pyrrole nitrogens is 1. The Morgan fingerprint density at radius 2 is 1.86 bits per heavy atom. The van der Waals surface area contributed by atoms with Crippen LogP contribution >= 0.6 is 0 Å². The number of hydrogen-bond donors (Lipinski definition) is 6. The third kappa shape index (κ3) is 8.49. The smallest absolute Gasteiger partial charge is 0.326 e. The molecule has 0 fully saturated rings. The number of nitrogens with one attached hydrogen (secondary N) is 3. The van der Waals surface area contributed by atoms with Crippen LogP contribution in [0.15, 0.2) is 12.5 Å². The summed E-state index contributed by atoms with van der Waals surface area (Å²) >= 11 is 0. The molecule has 1 aromatic heterocycles. The SMILES string of the molecule is CC(C)CC(NC(=O)C(N)Cc1cnc[nH]1)C(=O)NC(CCCCN)C(=O)O. The van der Waals surface area contributed by atoms with Crippen LogP contribution in [-0.2, 0) is 20.8 Å². The normalized spacial score (nSPS) is 14.3. The molecule has 0 saturated heterocycles. The van der Waals surface area contributed by atoms with Gasteiger partial charge in [0.05, 0.1) is 12.4 Å². The number of rotatable bonds is 13. The van der Waals surface area contributed by atoms with Crippen LogP contribution in [-0.4, -0.2) is 57.5 Å². The van der Waals surface area contributed by atoms with Gasteiger partial charge in [-0.1, -0.05) is 13.8 Å². The Balaban J connectivity index is 2.71. The zero-order valence-corrected chi connectivity index (χ0v) is 16.5. The molecule has 1 aromatic rings. The number of aromatic nitrogens is 2. The fourth-order valence-corrected chi connectivity index (χ4v) is 2.73. The molecule has 10 heteroatoms. The van der Waals surface area contributed by atoms with Gasteiger partial charge in [-0.2, -0.15) is 0 Å². The largest absolute Gasteiger partial charge is 0.480 e. The number of carboxylic acid groups (broad SMARTS) is 1. The molecule has 28 heavy (non-hydrogen) atoms. The van der Waals surface area contributed by atoms with E-state index in [1.54, 1.807) is 6.20 Å². The third-order valence-corrected chi connectivity index (χ3v) is 4.23. The Bertz CT molecular complexity index is 620. The van der Waals surface area contributed by atoms with E-state index in [1.165, 1.54) is 6.33 Å². The van der Waals surface area contributed by atoms with Crippen molar-refractivity contribution in [3.05, 3.63) is 18.2 Å². The van der Waals surface area contributed by atoms with Crippen LogP contribution in [0.3, 0.4) is 0 Å². The summed E-state index contributed by atoms with van der Waals surface area (Å²) in [5.41, 5.74) is 12.1. The second-order valence-corrected chi connectivity index (χ2v) is 7.26. The van der Waals surface area contributed by atoms with Gasteiger partial charge in [-0.3, -0.25) is 9.59 Å². The number of imidazole rings is 1. The maximum absolute atomic E-state index is 12.6. The molecular formula is C18H32N6O4. The quantitative estimate of drug-likeness (QED) is 0.244. The van der Waals surface area contributed by atoms with E-state index in [0.717, 1.165) is 0 Å². The van der Waals surface area contributed by atoms with E-state index in [9.17, 15) is 19.5 Å². The van der Waals surface area contributed by atoms with Gasteiger partial charge in [-0.05, 0) is 38.1 Å². The summed E-state index contributed by atoms with van der Waals surface area (Å²) in [4.78, 5) is 43.2. The van der Waals surface area contributed by atoms with E-state index in [4.69, 9.17) is 11.5 Å². The number of aliphatic carboxylic acids is 1. The van der Waals surface area contributed by atoms with E-state index >= 15 is 0 Å². The maximum atomic E-state index is 12.6. The standard InChI is InChI=1S/C18H32N6O4/c1-11(2)7-15(17(26)23-14(18(27)28)5-3-4-6-19)24-16(25)13(20)8-12-9-21-10-22-12/h9-11,13-15H,3-8,19-20H2,1-2H3,(H,21,22)(H,23,26)(H,24,25)(H,27,28). The molecule has 0 spiro atoms.